The van der Waals surface area contributed by atoms with Gasteiger partial charge in [-0.2, -0.15) is 5.26 Å². The second-order valence-electron chi connectivity index (χ2n) is 5.67. The third kappa shape index (κ3) is 3.70. The molecule has 1 amide bonds. The molecular formula is C16H18N6O2. The van der Waals surface area contributed by atoms with Crippen molar-refractivity contribution in [3.63, 3.8) is 0 Å². The first-order valence-electron chi connectivity index (χ1n) is 7.69. The number of aliphatic hydroxyl groups is 1. The Bertz CT molecular complexity index is 739. The van der Waals surface area contributed by atoms with Gasteiger partial charge in [0.25, 0.3) is 0 Å². The Morgan fingerprint density at radius 3 is 3.00 bits per heavy atom. The maximum Gasteiger partial charge on any atom is 0.242 e. The van der Waals surface area contributed by atoms with E-state index in [2.05, 4.69) is 9.97 Å². The summed E-state index contributed by atoms with van der Waals surface area (Å²) in [6.45, 7) is 1.89. The number of nitriles is 1. The minimum atomic E-state index is -0.674. The normalized spacial score (nSPS) is 18.1. The van der Waals surface area contributed by atoms with Crippen LogP contribution in [0.25, 0.3) is 0 Å². The van der Waals surface area contributed by atoms with Gasteiger partial charge in [-0.05, 0) is 12.1 Å². The van der Waals surface area contributed by atoms with Gasteiger partial charge in [-0.3, -0.25) is 4.79 Å². The van der Waals surface area contributed by atoms with Crippen LogP contribution in [0, 0.1) is 11.3 Å². The minimum absolute atomic E-state index is 0.0624. The summed E-state index contributed by atoms with van der Waals surface area (Å²) in [6.07, 6.45) is 4.28. The van der Waals surface area contributed by atoms with Gasteiger partial charge in [-0.1, -0.05) is 6.07 Å². The van der Waals surface area contributed by atoms with Crippen molar-refractivity contribution in [3.05, 3.63) is 42.6 Å². The molecule has 124 valence electrons. The van der Waals surface area contributed by atoms with Crippen molar-refractivity contribution in [1.29, 1.82) is 5.26 Å². The highest BCUT2D eigenvalue weighted by Gasteiger charge is 2.25. The summed E-state index contributed by atoms with van der Waals surface area (Å²) in [7, 11) is 0. The Hall–Kier alpha value is -2.92. The lowest BCUT2D eigenvalue weighted by atomic mass is 10.3. The first-order chi connectivity index (χ1) is 11.7. The summed E-state index contributed by atoms with van der Waals surface area (Å²) < 4.78 is 1.70. The van der Waals surface area contributed by atoms with Crippen LogP contribution < -0.4 is 4.90 Å². The maximum atomic E-state index is 12.4. The number of hydrogen-bond donors (Lipinski definition) is 1. The van der Waals surface area contributed by atoms with Gasteiger partial charge in [0.2, 0.25) is 5.91 Å². The smallest absolute Gasteiger partial charge is 0.242 e. The lowest BCUT2D eigenvalue weighted by Crippen LogP contribution is -2.39. The van der Waals surface area contributed by atoms with E-state index >= 15 is 0 Å². The van der Waals surface area contributed by atoms with Gasteiger partial charge in [0.15, 0.2) is 0 Å². The third-order valence-electron chi connectivity index (χ3n) is 3.90. The molecule has 0 aliphatic carbocycles. The Morgan fingerprint density at radius 1 is 1.38 bits per heavy atom. The fraction of sp³-hybridized carbons (Fsp3) is 0.375. The molecule has 0 radical (unpaired) electrons. The fourth-order valence-corrected chi connectivity index (χ4v) is 2.72. The van der Waals surface area contributed by atoms with E-state index in [1.165, 1.54) is 0 Å². The van der Waals surface area contributed by atoms with Gasteiger partial charge in [0.1, 0.15) is 24.1 Å². The van der Waals surface area contributed by atoms with Gasteiger partial charge in [-0.15, -0.1) is 0 Å². The molecule has 1 N–H and O–H groups in total. The molecule has 0 bridgehead atoms. The zero-order valence-corrected chi connectivity index (χ0v) is 13.1. The third-order valence-corrected chi connectivity index (χ3v) is 3.90. The zero-order chi connectivity index (χ0) is 16.9. The highest BCUT2D eigenvalue weighted by molar-refractivity contribution is 5.76. The average Bonchev–Trinajstić information content (AvgIpc) is 3.01. The molecule has 1 unspecified atom stereocenters. The van der Waals surface area contributed by atoms with Gasteiger partial charge in [0.05, 0.1) is 12.4 Å². The second kappa shape index (κ2) is 7.10. The van der Waals surface area contributed by atoms with Crippen molar-refractivity contribution >= 4 is 11.7 Å². The summed E-state index contributed by atoms with van der Waals surface area (Å²) in [4.78, 5) is 24.1. The quantitative estimate of drug-likeness (QED) is 0.843. The number of imidazole rings is 1. The first kappa shape index (κ1) is 16.0. The largest absolute Gasteiger partial charge is 0.389 e. The molecule has 0 saturated carbocycles. The molecule has 1 aliphatic rings. The number of pyridine rings is 1. The number of aromatic nitrogens is 3. The SMILES string of the molecule is N#Cc1cccc(N2CCN(C(=O)Cn3ccnc3)CC(O)C2)n1. The fourth-order valence-electron chi connectivity index (χ4n) is 2.72. The molecule has 24 heavy (non-hydrogen) atoms. The lowest BCUT2D eigenvalue weighted by molar-refractivity contribution is -0.132. The average molecular weight is 326 g/mol. The molecule has 2 aromatic heterocycles. The number of amides is 1. The van der Waals surface area contributed by atoms with E-state index in [9.17, 15) is 9.90 Å². The highest BCUT2D eigenvalue weighted by atomic mass is 16.3. The summed E-state index contributed by atoms with van der Waals surface area (Å²) in [5.41, 5.74) is 0.333. The number of anilines is 1. The van der Waals surface area contributed by atoms with Crippen molar-refractivity contribution in [3.8, 4) is 6.07 Å². The first-order valence-corrected chi connectivity index (χ1v) is 7.69. The monoisotopic (exact) mass is 326 g/mol. The summed E-state index contributed by atoms with van der Waals surface area (Å²) in [5.74, 6) is 0.574. The standard InChI is InChI=1S/C16H18N6O2/c17-8-13-2-1-3-15(19-13)21-6-7-22(10-14(23)9-21)16(24)11-20-5-4-18-12-20/h1-5,12,14,23H,6-7,9-11H2. The van der Waals surface area contributed by atoms with Crippen LogP contribution in [0.2, 0.25) is 0 Å². The molecular weight excluding hydrogens is 308 g/mol. The number of carbonyl (C=O) groups is 1. The van der Waals surface area contributed by atoms with Crippen molar-refractivity contribution in [2.45, 2.75) is 12.6 Å². The van der Waals surface area contributed by atoms with Crippen molar-refractivity contribution in [2.75, 3.05) is 31.1 Å². The summed E-state index contributed by atoms with van der Waals surface area (Å²) >= 11 is 0. The van der Waals surface area contributed by atoms with Crippen LogP contribution in [0.4, 0.5) is 5.82 Å². The number of rotatable bonds is 3. The molecule has 8 nitrogen and oxygen atoms in total. The van der Waals surface area contributed by atoms with Gasteiger partial charge in [0, 0.05) is 38.6 Å². The summed E-state index contributed by atoms with van der Waals surface area (Å²) in [5, 5.41) is 19.2. The van der Waals surface area contributed by atoms with Crippen LogP contribution in [0.5, 0.6) is 0 Å². The molecule has 1 aliphatic heterocycles. The van der Waals surface area contributed by atoms with Gasteiger partial charge >= 0.3 is 0 Å². The van der Waals surface area contributed by atoms with Crippen molar-refractivity contribution < 1.29 is 9.90 Å². The van der Waals surface area contributed by atoms with Crippen LogP contribution in [0.3, 0.4) is 0 Å². The molecule has 1 saturated heterocycles. The molecule has 3 rings (SSSR count). The molecule has 8 heteroatoms. The van der Waals surface area contributed by atoms with E-state index in [4.69, 9.17) is 5.26 Å². The number of nitrogens with zero attached hydrogens (tertiary/aromatic N) is 6. The minimum Gasteiger partial charge on any atom is -0.389 e. The molecule has 2 aromatic rings. The predicted octanol–water partition coefficient (Wildman–Crippen LogP) is -0.141. The highest BCUT2D eigenvalue weighted by Crippen LogP contribution is 2.15. The van der Waals surface area contributed by atoms with Crippen LogP contribution in [0.15, 0.2) is 36.9 Å². The number of hydrogen-bond acceptors (Lipinski definition) is 6. The topological polar surface area (TPSA) is 98.3 Å². The van der Waals surface area contributed by atoms with Crippen LogP contribution >= 0.6 is 0 Å². The second-order valence-corrected chi connectivity index (χ2v) is 5.67. The Morgan fingerprint density at radius 2 is 2.25 bits per heavy atom. The maximum absolute atomic E-state index is 12.4. The number of aliphatic hydroxyl groups excluding tert-OH is 1. The Balaban J connectivity index is 1.68. The lowest BCUT2D eigenvalue weighted by Gasteiger charge is -2.22. The van der Waals surface area contributed by atoms with Gasteiger partial charge in [-0.25, -0.2) is 9.97 Å². The van der Waals surface area contributed by atoms with Crippen LogP contribution in [-0.4, -0.2) is 62.7 Å². The van der Waals surface area contributed by atoms with E-state index < -0.39 is 6.10 Å². The Labute approximate surface area is 139 Å². The van der Waals surface area contributed by atoms with E-state index in [0.29, 0.717) is 31.1 Å². The number of β-amino-alcohol motifs (C(OH)–C–C–N with tert-alkyl or cyclic N) is 1. The summed E-state index contributed by atoms with van der Waals surface area (Å²) in [6, 6.07) is 7.22. The molecule has 0 aromatic carbocycles. The van der Waals surface area contributed by atoms with Crippen molar-refractivity contribution in [1.82, 2.24) is 19.4 Å². The molecule has 3 heterocycles. The van der Waals surface area contributed by atoms with E-state index in [0.717, 1.165) is 0 Å². The van der Waals surface area contributed by atoms with Gasteiger partial charge < -0.3 is 19.5 Å². The van der Waals surface area contributed by atoms with Crippen LogP contribution in [-0.2, 0) is 11.3 Å². The molecule has 1 atom stereocenters. The molecule has 1 fully saturated rings. The zero-order valence-electron chi connectivity index (χ0n) is 13.1. The molecule has 0 spiro atoms. The van der Waals surface area contributed by atoms with Crippen LogP contribution in [0.1, 0.15) is 5.69 Å². The predicted molar refractivity (Wildman–Crippen MR) is 86.0 cm³/mol. The number of carbonyl (C=O) groups excluding carboxylic acids is 1. The van der Waals surface area contributed by atoms with E-state index in [1.807, 2.05) is 11.0 Å². The van der Waals surface area contributed by atoms with E-state index in [-0.39, 0.29) is 19.0 Å². The van der Waals surface area contributed by atoms with E-state index in [1.54, 1.807) is 46.4 Å². The Kier molecular flexibility index (Phi) is 4.72. The van der Waals surface area contributed by atoms with Crippen molar-refractivity contribution in [2.24, 2.45) is 0 Å².